The van der Waals surface area contributed by atoms with Crippen LogP contribution >= 0.6 is 11.6 Å². The van der Waals surface area contributed by atoms with E-state index in [0.29, 0.717) is 35.4 Å². The molecule has 0 atom stereocenters. The smallest absolute Gasteiger partial charge is 0.274 e. The molecule has 1 saturated heterocycles. The first-order chi connectivity index (χ1) is 13.4. The first-order valence-corrected chi connectivity index (χ1v) is 9.62. The van der Waals surface area contributed by atoms with Gasteiger partial charge in [0.2, 0.25) is 0 Å². The van der Waals surface area contributed by atoms with Gasteiger partial charge in [-0.05, 0) is 30.7 Å². The summed E-state index contributed by atoms with van der Waals surface area (Å²) in [6, 6.07) is 9.55. The Morgan fingerprint density at radius 2 is 1.86 bits per heavy atom. The summed E-state index contributed by atoms with van der Waals surface area (Å²) < 4.78 is 1.56. The van der Waals surface area contributed by atoms with Crippen molar-refractivity contribution in [2.75, 3.05) is 26.2 Å². The van der Waals surface area contributed by atoms with Gasteiger partial charge in [-0.25, -0.2) is 4.98 Å². The fourth-order valence-electron chi connectivity index (χ4n) is 3.68. The quantitative estimate of drug-likeness (QED) is 0.732. The maximum Gasteiger partial charge on any atom is 0.274 e. The molecule has 0 radical (unpaired) electrons. The second kappa shape index (κ2) is 7.41. The van der Waals surface area contributed by atoms with Gasteiger partial charge in [0.25, 0.3) is 11.5 Å². The number of aryl methyl sites for hydroxylation is 2. The molecule has 1 N–H and O–H groups in total. The third kappa shape index (κ3) is 3.55. The van der Waals surface area contributed by atoms with Crippen LogP contribution in [-0.4, -0.2) is 56.7 Å². The van der Waals surface area contributed by atoms with Crippen LogP contribution < -0.4 is 5.56 Å². The maximum absolute atomic E-state index is 13.1. The zero-order valence-corrected chi connectivity index (χ0v) is 16.7. The zero-order chi connectivity index (χ0) is 19.8. The fourth-order valence-corrected chi connectivity index (χ4v) is 3.81. The molecule has 1 aromatic carbocycles. The molecule has 1 amide bonds. The van der Waals surface area contributed by atoms with E-state index in [1.807, 2.05) is 36.1 Å². The van der Waals surface area contributed by atoms with E-state index in [1.54, 1.807) is 17.8 Å². The molecule has 0 saturated carbocycles. The minimum Gasteiger partial charge on any atom is -0.336 e. The van der Waals surface area contributed by atoms with E-state index in [9.17, 15) is 9.59 Å². The van der Waals surface area contributed by atoms with Gasteiger partial charge >= 0.3 is 0 Å². The van der Waals surface area contributed by atoms with Gasteiger partial charge in [0.15, 0.2) is 5.65 Å². The van der Waals surface area contributed by atoms with Crippen LogP contribution in [0.25, 0.3) is 11.0 Å². The molecule has 1 aliphatic heterocycles. The summed E-state index contributed by atoms with van der Waals surface area (Å²) in [5.41, 5.74) is 2.57. The van der Waals surface area contributed by atoms with E-state index in [0.717, 1.165) is 24.7 Å². The number of pyridine rings is 1. The molecule has 1 aliphatic rings. The average Bonchev–Trinajstić information content (AvgIpc) is 2.97. The molecule has 7 nitrogen and oxygen atoms in total. The molecule has 1 fully saturated rings. The molecule has 0 bridgehead atoms. The summed E-state index contributed by atoms with van der Waals surface area (Å²) >= 11 is 5.94. The number of H-pyrrole nitrogens is 1. The molecule has 146 valence electrons. The van der Waals surface area contributed by atoms with Crippen LogP contribution in [0.2, 0.25) is 5.02 Å². The highest BCUT2D eigenvalue weighted by molar-refractivity contribution is 6.30. The number of halogens is 1. The van der Waals surface area contributed by atoms with Gasteiger partial charge in [-0.2, -0.15) is 0 Å². The Kier molecular flexibility index (Phi) is 4.95. The predicted octanol–water partition coefficient (Wildman–Crippen LogP) is 2.18. The molecular weight excluding hydrogens is 378 g/mol. The van der Waals surface area contributed by atoms with Gasteiger partial charge < -0.3 is 4.90 Å². The third-order valence-corrected chi connectivity index (χ3v) is 5.40. The SMILES string of the molecule is Cc1cc(C(=O)N2CCN(Cc3ccc(Cl)cc3)CC2)c2c(=O)[nH]n(C)c2n1. The molecular formula is C20H22ClN5O2. The second-order valence-electron chi connectivity index (χ2n) is 7.20. The Labute approximate surface area is 167 Å². The van der Waals surface area contributed by atoms with Crippen molar-refractivity contribution in [1.29, 1.82) is 0 Å². The minimum atomic E-state index is -0.283. The van der Waals surface area contributed by atoms with Crippen LogP contribution in [-0.2, 0) is 13.6 Å². The molecule has 28 heavy (non-hydrogen) atoms. The molecule has 0 aliphatic carbocycles. The number of carbonyl (C=O) groups excluding carboxylic acids is 1. The monoisotopic (exact) mass is 399 g/mol. The molecule has 0 spiro atoms. The van der Waals surface area contributed by atoms with Crippen LogP contribution in [0.1, 0.15) is 21.6 Å². The average molecular weight is 400 g/mol. The Balaban J connectivity index is 1.49. The van der Waals surface area contributed by atoms with Crippen molar-refractivity contribution in [2.24, 2.45) is 7.05 Å². The lowest BCUT2D eigenvalue weighted by atomic mass is 10.1. The van der Waals surface area contributed by atoms with E-state index in [2.05, 4.69) is 15.0 Å². The summed E-state index contributed by atoms with van der Waals surface area (Å²) in [4.78, 5) is 34.0. The number of hydrogen-bond donors (Lipinski definition) is 1. The standard InChI is InChI=1S/C20H22ClN5O2/c1-13-11-16(17-18(22-13)24(2)23-19(17)27)20(28)26-9-7-25(8-10-26)12-14-3-5-15(21)6-4-14/h3-6,11H,7-10,12H2,1-2H3,(H,23,27). The van der Waals surface area contributed by atoms with E-state index in [1.165, 1.54) is 5.56 Å². The second-order valence-corrected chi connectivity index (χ2v) is 7.64. The maximum atomic E-state index is 13.1. The van der Waals surface area contributed by atoms with Gasteiger partial charge in [-0.15, -0.1) is 0 Å². The zero-order valence-electron chi connectivity index (χ0n) is 15.9. The number of amides is 1. The fraction of sp³-hybridized carbons (Fsp3) is 0.350. The number of nitrogens with zero attached hydrogens (tertiary/aromatic N) is 4. The summed E-state index contributed by atoms with van der Waals surface area (Å²) in [5.74, 6) is -0.113. The van der Waals surface area contributed by atoms with Crippen LogP contribution in [0.3, 0.4) is 0 Å². The van der Waals surface area contributed by atoms with Crippen molar-refractivity contribution < 1.29 is 4.79 Å². The highest BCUT2D eigenvalue weighted by atomic mass is 35.5. The summed E-state index contributed by atoms with van der Waals surface area (Å²) in [7, 11) is 1.72. The number of aromatic nitrogens is 3. The third-order valence-electron chi connectivity index (χ3n) is 5.15. The van der Waals surface area contributed by atoms with Crippen LogP contribution in [0.5, 0.6) is 0 Å². The summed E-state index contributed by atoms with van der Waals surface area (Å²) in [6.07, 6.45) is 0. The topological polar surface area (TPSA) is 74.2 Å². The van der Waals surface area contributed by atoms with E-state index >= 15 is 0 Å². The molecule has 0 unspecified atom stereocenters. The number of nitrogens with one attached hydrogen (secondary N) is 1. The van der Waals surface area contributed by atoms with E-state index in [-0.39, 0.29) is 11.5 Å². The number of hydrogen-bond acceptors (Lipinski definition) is 4. The van der Waals surface area contributed by atoms with Crippen molar-refractivity contribution in [2.45, 2.75) is 13.5 Å². The normalized spacial score (nSPS) is 15.3. The Morgan fingerprint density at radius 3 is 2.54 bits per heavy atom. The van der Waals surface area contributed by atoms with Gasteiger partial charge in [-0.3, -0.25) is 24.3 Å². The van der Waals surface area contributed by atoms with E-state index < -0.39 is 0 Å². The first-order valence-electron chi connectivity index (χ1n) is 9.25. The van der Waals surface area contributed by atoms with Crippen LogP contribution in [0.15, 0.2) is 35.1 Å². The summed E-state index contributed by atoms with van der Waals surface area (Å²) in [5, 5.41) is 3.78. The molecule has 2 aromatic heterocycles. The number of rotatable bonds is 3. The lowest BCUT2D eigenvalue weighted by Crippen LogP contribution is -2.48. The molecule has 4 rings (SSSR count). The van der Waals surface area contributed by atoms with Crippen molar-refractivity contribution in [1.82, 2.24) is 24.6 Å². The highest BCUT2D eigenvalue weighted by Crippen LogP contribution is 2.18. The van der Waals surface area contributed by atoms with Gasteiger partial charge in [0.1, 0.15) is 0 Å². The number of carbonyl (C=O) groups is 1. The van der Waals surface area contributed by atoms with Crippen molar-refractivity contribution in [3.63, 3.8) is 0 Å². The van der Waals surface area contributed by atoms with Gasteiger partial charge in [0.05, 0.1) is 10.9 Å². The number of fused-ring (bicyclic) bond motifs is 1. The van der Waals surface area contributed by atoms with Gasteiger partial charge in [-0.1, -0.05) is 23.7 Å². The van der Waals surface area contributed by atoms with Crippen molar-refractivity contribution >= 4 is 28.5 Å². The first kappa shape index (κ1) is 18.7. The summed E-state index contributed by atoms with van der Waals surface area (Å²) in [6.45, 7) is 5.48. The minimum absolute atomic E-state index is 0.113. The molecule has 3 aromatic rings. The van der Waals surface area contributed by atoms with Gasteiger partial charge in [0, 0.05) is 50.5 Å². The van der Waals surface area contributed by atoms with Crippen LogP contribution in [0, 0.1) is 6.92 Å². The molecule has 8 heteroatoms. The van der Waals surface area contributed by atoms with Crippen molar-refractivity contribution in [3.05, 3.63) is 62.5 Å². The molecule has 3 heterocycles. The van der Waals surface area contributed by atoms with Crippen molar-refractivity contribution in [3.8, 4) is 0 Å². The number of benzene rings is 1. The van der Waals surface area contributed by atoms with E-state index in [4.69, 9.17) is 11.6 Å². The lowest BCUT2D eigenvalue weighted by Gasteiger charge is -2.34. The Hall–Kier alpha value is -2.64. The van der Waals surface area contributed by atoms with Crippen LogP contribution in [0.4, 0.5) is 0 Å². The number of aromatic amines is 1. The number of piperazine rings is 1. The predicted molar refractivity (Wildman–Crippen MR) is 109 cm³/mol. The largest absolute Gasteiger partial charge is 0.336 e. The Morgan fingerprint density at radius 1 is 1.18 bits per heavy atom. The lowest BCUT2D eigenvalue weighted by molar-refractivity contribution is 0.0630. The highest BCUT2D eigenvalue weighted by Gasteiger charge is 2.25. The Bertz CT molecular complexity index is 1080.